The second-order valence-electron chi connectivity index (χ2n) is 3.45. The van der Waals surface area contributed by atoms with Gasteiger partial charge in [0.15, 0.2) is 0 Å². The lowest BCUT2D eigenvalue weighted by Gasteiger charge is -2.09. The fourth-order valence-corrected chi connectivity index (χ4v) is 2.92. The van der Waals surface area contributed by atoms with Gasteiger partial charge < -0.3 is 4.74 Å². The number of halogens is 3. The Morgan fingerprint density at radius 1 is 0.882 bits per heavy atom. The third kappa shape index (κ3) is 3.57. The predicted molar refractivity (Wildman–Crippen MR) is 80.3 cm³/mol. The van der Waals surface area contributed by atoms with E-state index in [9.17, 15) is 0 Å². The lowest BCUT2D eigenvalue weighted by atomic mass is 10.2. The van der Waals surface area contributed by atoms with Gasteiger partial charge in [-0.05, 0) is 40.2 Å². The zero-order valence-corrected chi connectivity index (χ0v) is 13.5. The predicted octanol–water partition coefficient (Wildman–Crippen LogP) is 5.55. The summed E-state index contributed by atoms with van der Waals surface area (Å²) in [5.74, 6) is 0.837. The van der Waals surface area contributed by atoms with E-state index in [0.717, 1.165) is 24.7 Å². The molecule has 0 heterocycles. The molecule has 0 saturated heterocycles. The minimum absolute atomic E-state index is 0.543. The lowest BCUT2D eigenvalue weighted by Crippen LogP contribution is -1.96. The Kier molecular flexibility index (Phi) is 4.65. The molecule has 88 valence electrons. The van der Waals surface area contributed by atoms with Crippen molar-refractivity contribution in [2.75, 3.05) is 0 Å². The smallest absolute Gasteiger partial charge is 0.134 e. The van der Waals surface area contributed by atoms with E-state index in [4.69, 9.17) is 4.74 Å². The zero-order valence-electron chi connectivity index (χ0n) is 8.79. The first-order chi connectivity index (χ1) is 8.16. The van der Waals surface area contributed by atoms with Crippen molar-refractivity contribution in [2.45, 2.75) is 6.61 Å². The molecule has 0 spiro atoms. The first-order valence-electron chi connectivity index (χ1n) is 4.98. The summed E-state index contributed by atoms with van der Waals surface area (Å²) in [6.07, 6.45) is 0. The van der Waals surface area contributed by atoms with E-state index in [1.54, 1.807) is 0 Å². The Labute approximate surface area is 126 Å². The average molecular weight is 421 g/mol. The summed E-state index contributed by atoms with van der Waals surface area (Å²) in [6, 6.07) is 13.9. The van der Waals surface area contributed by atoms with Gasteiger partial charge >= 0.3 is 0 Å². The molecule has 0 bridgehead atoms. The molecule has 0 aromatic heterocycles. The molecule has 0 fully saturated rings. The molecule has 0 saturated carbocycles. The maximum absolute atomic E-state index is 5.76. The molecular weight excluding hydrogens is 412 g/mol. The van der Waals surface area contributed by atoms with Crippen molar-refractivity contribution in [1.29, 1.82) is 0 Å². The summed E-state index contributed by atoms with van der Waals surface area (Å²) in [7, 11) is 0. The van der Waals surface area contributed by atoms with Crippen LogP contribution >= 0.6 is 47.8 Å². The average Bonchev–Trinajstić information content (AvgIpc) is 2.30. The van der Waals surface area contributed by atoms with Gasteiger partial charge in [-0.1, -0.05) is 50.1 Å². The zero-order chi connectivity index (χ0) is 12.3. The lowest BCUT2D eigenvalue weighted by molar-refractivity contribution is 0.303. The van der Waals surface area contributed by atoms with Crippen molar-refractivity contribution >= 4 is 47.8 Å². The van der Waals surface area contributed by atoms with Gasteiger partial charge in [0.2, 0.25) is 0 Å². The molecule has 2 aromatic carbocycles. The summed E-state index contributed by atoms with van der Waals surface area (Å²) in [6.45, 7) is 0.543. The maximum Gasteiger partial charge on any atom is 0.134 e. The van der Waals surface area contributed by atoms with Crippen molar-refractivity contribution < 1.29 is 4.74 Å². The van der Waals surface area contributed by atoms with E-state index in [1.165, 1.54) is 0 Å². The summed E-state index contributed by atoms with van der Waals surface area (Å²) in [4.78, 5) is 0. The molecule has 0 aliphatic carbocycles. The van der Waals surface area contributed by atoms with E-state index in [-0.39, 0.29) is 0 Å². The molecule has 4 heteroatoms. The Bertz CT molecular complexity index is 526. The van der Waals surface area contributed by atoms with Crippen LogP contribution in [-0.2, 0) is 6.61 Å². The molecule has 0 N–H and O–H groups in total. The van der Waals surface area contributed by atoms with Gasteiger partial charge in [-0.3, -0.25) is 0 Å². The molecular formula is C13H9Br3O. The van der Waals surface area contributed by atoms with Crippen LogP contribution in [0.4, 0.5) is 0 Å². The number of benzene rings is 2. The Morgan fingerprint density at radius 2 is 1.65 bits per heavy atom. The van der Waals surface area contributed by atoms with Crippen LogP contribution in [0.2, 0.25) is 0 Å². The monoisotopic (exact) mass is 418 g/mol. The Balaban J connectivity index is 2.10. The van der Waals surface area contributed by atoms with Crippen LogP contribution in [-0.4, -0.2) is 0 Å². The summed E-state index contributed by atoms with van der Waals surface area (Å²) in [5, 5.41) is 0. The maximum atomic E-state index is 5.76. The topological polar surface area (TPSA) is 9.23 Å². The highest BCUT2D eigenvalue weighted by Crippen LogP contribution is 2.29. The highest BCUT2D eigenvalue weighted by atomic mass is 79.9. The number of hydrogen-bond acceptors (Lipinski definition) is 1. The van der Waals surface area contributed by atoms with Gasteiger partial charge in [0, 0.05) is 14.5 Å². The van der Waals surface area contributed by atoms with E-state index < -0.39 is 0 Å². The highest BCUT2D eigenvalue weighted by Gasteiger charge is 2.03. The van der Waals surface area contributed by atoms with E-state index in [2.05, 4.69) is 47.8 Å². The SMILES string of the molecule is Brc1ccc(OCc2ccccc2Br)c(Br)c1. The third-order valence-electron chi connectivity index (χ3n) is 2.23. The van der Waals surface area contributed by atoms with Crippen molar-refractivity contribution in [3.63, 3.8) is 0 Å². The first kappa shape index (κ1) is 13.1. The third-order valence-corrected chi connectivity index (χ3v) is 4.12. The van der Waals surface area contributed by atoms with Crippen molar-refractivity contribution in [1.82, 2.24) is 0 Å². The first-order valence-corrected chi connectivity index (χ1v) is 7.36. The molecule has 0 aliphatic heterocycles. The second kappa shape index (κ2) is 6.03. The van der Waals surface area contributed by atoms with Gasteiger partial charge in [0.25, 0.3) is 0 Å². The van der Waals surface area contributed by atoms with Crippen LogP contribution in [0, 0.1) is 0 Å². The van der Waals surface area contributed by atoms with Gasteiger partial charge in [0.1, 0.15) is 12.4 Å². The van der Waals surface area contributed by atoms with Crippen LogP contribution in [0.5, 0.6) is 5.75 Å². The van der Waals surface area contributed by atoms with Gasteiger partial charge in [-0.15, -0.1) is 0 Å². The van der Waals surface area contributed by atoms with E-state index >= 15 is 0 Å². The normalized spacial score (nSPS) is 10.3. The van der Waals surface area contributed by atoms with Gasteiger partial charge in [-0.2, -0.15) is 0 Å². The molecule has 1 nitrogen and oxygen atoms in total. The standard InChI is InChI=1S/C13H9Br3O/c14-10-5-6-13(12(16)7-10)17-8-9-3-1-2-4-11(9)15/h1-7H,8H2. The van der Waals surface area contributed by atoms with Gasteiger partial charge in [-0.25, -0.2) is 0 Å². The summed E-state index contributed by atoms with van der Waals surface area (Å²) in [5.41, 5.74) is 1.13. The summed E-state index contributed by atoms with van der Waals surface area (Å²) < 4.78 is 8.79. The summed E-state index contributed by atoms with van der Waals surface area (Å²) >= 11 is 10.4. The van der Waals surface area contributed by atoms with Crippen LogP contribution < -0.4 is 4.74 Å². The van der Waals surface area contributed by atoms with E-state index in [1.807, 2.05) is 42.5 Å². The highest BCUT2D eigenvalue weighted by molar-refractivity contribution is 9.11. The van der Waals surface area contributed by atoms with Crippen LogP contribution in [0.1, 0.15) is 5.56 Å². The van der Waals surface area contributed by atoms with E-state index in [0.29, 0.717) is 6.61 Å². The fourth-order valence-electron chi connectivity index (χ4n) is 1.36. The molecule has 2 aromatic rings. The van der Waals surface area contributed by atoms with Crippen molar-refractivity contribution in [2.24, 2.45) is 0 Å². The van der Waals surface area contributed by atoms with Gasteiger partial charge in [0.05, 0.1) is 4.47 Å². The quantitative estimate of drug-likeness (QED) is 0.632. The number of hydrogen-bond donors (Lipinski definition) is 0. The van der Waals surface area contributed by atoms with Crippen molar-refractivity contribution in [3.05, 3.63) is 61.4 Å². The molecule has 0 radical (unpaired) electrons. The van der Waals surface area contributed by atoms with Crippen LogP contribution in [0.3, 0.4) is 0 Å². The minimum Gasteiger partial charge on any atom is -0.488 e. The molecule has 0 amide bonds. The molecule has 0 unspecified atom stereocenters. The molecule has 0 atom stereocenters. The number of rotatable bonds is 3. The van der Waals surface area contributed by atoms with Crippen LogP contribution in [0.15, 0.2) is 55.9 Å². The Morgan fingerprint density at radius 3 is 2.35 bits per heavy atom. The largest absolute Gasteiger partial charge is 0.488 e. The minimum atomic E-state index is 0.543. The van der Waals surface area contributed by atoms with Crippen LogP contribution in [0.25, 0.3) is 0 Å². The second-order valence-corrected chi connectivity index (χ2v) is 6.08. The molecule has 2 rings (SSSR count). The Hall–Kier alpha value is -0.320. The molecule has 0 aliphatic rings. The van der Waals surface area contributed by atoms with Crippen molar-refractivity contribution in [3.8, 4) is 5.75 Å². The molecule has 17 heavy (non-hydrogen) atoms. The fraction of sp³-hybridized carbons (Fsp3) is 0.0769. The number of ether oxygens (including phenoxy) is 1.